The molecule has 1 aliphatic rings. The molecule has 22 heavy (non-hydrogen) atoms. The van der Waals surface area contributed by atoms with Gasteiger partial charge in [-0.15, -0.1) is 0 Å². The lowest BCUT2D eigenvalue weighted by Gasteiger charge is -2.30. The van der Waals surface area contributed by atoms with E-state index in [0.29, 0.717) is 25.6 Å². The number of hydrogen-bond donors (Lipinski definition) is 1. The predicted molar refractivity (Wildman–Crippen MR) is 81.9 cm³/mol. The van der Waals surface area contributed by atoms with Crippen molar-refractivity contribution < 1.29 is 9.18 Å². The lowest BCUT2D eigenvalue weighted by molar-refractivity contribution is -0.128. The number of nitrogens with zero attached hydrogens (tertiary/aromatic N) is 2. The monoisotopic (exact) mass is 301 g/mol. The normalized spacial score (nSPS) is 16.2. The molecule has 0 saturated carbocycles. The van der Waals surface area contributed by atoms with Crippen LogP contribution < -0.4 is 5.32 Å². The molecule has 0 unspecified atom stereocenters. The van der Waals surface area contributed by atoms with Crippen molar-refractivity contribution in [3.63, 3.8) is 0 Å². The number of rotatable bonds is 4. The summed E-state index contributed by atoms with van der Waals surface area (Å²) in [6.45, 7) is 3.93. The molecule has 1 heterocycles. The van der Waals surface area contributed by atoms with Crippen molar-refractivity contribution in [2.75, 3.05) is 13.1 Å². The number of nitriles is 1. The Balaban J connectivity index is 1.93. The van der Waals surface area contributed by atoms with Crippen LogP contribution in [0.4, 0.5) is 4.39 Å². The average molecular weight is 301 g/mol. The van der Waals surface area contributed by atoms with E-state index in [2.05, 4.69) is 12.2 Å². The van der Waals surface area contributed by atoms with E-state index in [-0.39, 0.29) is 17.3 Å². The maximum atomic E-state index is 13.1. The van der Waals surface area contributed by atoms with E-state index in [1.54, 1.807) is 17.0 Å². The van der Waals surface area contributed by atoms with Crippen molar-refractivity contribution in [1.82, 2.24) is 10.2 Å². The van der Waals surface area contributed by atoms with Crippen LogP contribution in [0.1, 0.15) is 25.3 Å². The number of benzene rings is 1. The second-order valence-corrected chi connectivity index (χ2v) is 5.66. The summed E-state index contributed by atoms with van der Waals surface area (Å²) >= 11 is 0. The van der Waals surface area contributed by atoms with Crippen LogP contribution in [0.15, 0.2) is 36.0 Å². The zero-order chi connectivity index (χ0) is 15.9. The minimum Gasteiger partial charge on any atom is -0.386 e. The van der Waals surface area contributed by atoms with Gasteiger partial charge in [-0.1, -0.05) is 19.1 Å². The molecular weight excluding hydrogens is 281 g/mol. The highest BCUT2D eigenvalue weighted by molar-refractivity contribution is 5.97. The zero-order valence-corrected chi connectivity index (χ0v) is 12.7. The fourth-order valence-corrected chi connectivity index (χ4v) is 2.44. The smallest absolute Gasteiger partial charge is 0.265 e. The lowest BCUT2D eigenvalue weighted by Crippen LogP contribution is -2.38. The summed E-state index contributed by atoms with van der Waals surface area (Å²) < 4.78 is 13.1. The van der Waals surface area contributed by atoms with E-state index in [9.17, 15) is 9.18 Å². The molecule has 1 aromatic carbocycles. The van der Waals surface area contributed by atoms with Gasteiger partial charge in [0.05, 0.1) is 0 Å². The third-order valence-electron chi connectivity index (χ3n) is 3.86. The molecule has 1 fully saturated rings. The number of nitrogens with one attached hydrogen (secondary N) is 1. The number of likely N-dealkylation sites (tertiary alicyclic amines) is 1. The van der Waals surface area contributed by atoms with E-state index >= 15 is 0 Å². The summed E-state index contributed by atoms with van der Waals surface area (Å²) in [6.07, 6.45) is 3.37. The molecule has 2 rings (SSSR count). The minimum absolute atomic E-state index is 0.0888. The second-order valence-electron chi connectivity index (χ2n) is 5.66. The molecular formula is C17H20FN3O. The highest BCUT2D eigenvalue weighted by Gasteiger charge is 2.22. The molecule has 0 atom stereocenters. The van der Waals surface area contributed by atoms with Crippen molar-refractivity contribution in [2.24, 2.45) is 5.92 Å². The molecule has 1 aromatic rings. The maximum Gasteiger partial charge on any atom is 0.265 e. The standard InChI is InChI=1S/C17H20FN3O/c1-13-5-7-21(8-6-13)17(22)15(10-19)12-20-11-14-3-2-4-16(18)9-14/h2-4,9,12-13,20H,5-8,11H2,1H3/b15-12-. The molecule has 1 saturated heterocycles. The molecule has 1 amide bonds. The van der Waals surface area contributed by atoms with Gasteiger partial charge in [-0.3, -0.25) is 4.79 Å². The van der Waals surface area contributed by atoms with E-state index in [1.165, 1.54) is 18.3 Å². The topological polar surface area (TPSA) is 56.1 Å². The van der Waals surface area contributed by atoms with Crippen LogP contribution in [0.3, 0.4) is 0 Å². The van der Waals surface area contributed by atoms with Crippen LogP contribution in [-0.2, 0) is 11.3 Å². The highest BCUT2D eigenvalue weighted by Crippen LogP contribution is 2.17. The number of piperidine rings is 1. The Labute approximate surface area is 130 Å². The van der Waals surface area contributed by atoms with Gasteiger partial charge in [-0.2, -0.15) is 5.26 Å². The zero-order valence-electron chi connectivity index (χ0n) is 12.7. The molecule has 4 nitrogen and oxygen atoms in total. The number of hydrogen-bond acceptors (Lipinski definition) is 3. The third kappa shape index (κ3) is 4.32. The predicted octanol–water partition coefficient (Wildman–Crippen LogP) is 2.58. The van der Waals surface area contributed by atoms with Gasteiger partial charge in [-0.25, -0.2) is 4.39 Å². The SMILES string of the molecule is CC1CCN(C(=O)/C(C#N)=C\NCc2cccc(F)c2)CC1. The molecule has 0 aliphatic carbocycles. The summed E-state index contributed by atoms with van der Waals surface area (Å²) in [5.41, 5.74) is 0.846. The first-order valence-corrected chi connectivity index (χ1v) is 7.47. The maximum absolute atomic E-state index is 13.1. The fourth-order valence-electron chi connectivity index (χ4n) is 2.44. The van der Waals surface area contributed by atoms with Crippen LogP contribution in [0.25, 0.3) is 0 Å². The summed E-state index contributed by atoms with van der Waals surface area (Å²) in [6, 6.07) is 8.14. The second kappa shape index (κ2) is 7.60. The van der Waals surface area contributed by atoms with Crippen LogP contribution in [-0.4, -0.2) is 23.9 Å². The van der Waals surface area contributed by atoms with Crippen LogP contribution in [0.2, 0.25) is 0 Å². The quantitative estimate of drug-likeness (QED) is 0.687. The van der Waals surface area contributed by atoms with Gasteiger partial charge in [-0.05, 0) is 36.5 Å². The summed E-state index contributed by atoms with van der Waals surface area (Å²) in [4.78, 5) is 14.0. The Bertz CT molecular complexity index is 598. The molecule has 5 heteroatoms. The van der Waals surface area contributed by atoms with Gasteiger partial charge < -0.3 is 10.2 Å². The van der Waals surface area contributed by atoms with Crippen molar-refractivity contribution >= 4 is 5.91 Å². The van der Waals surface area contributed by atoms with E-state index in [4.69, 9.17) is 5.26 Å². The first-order chi connectivity index (χ1) is 10.6. The Morgan fingerprint density at radius 1 is 1.50 bits per heavy atom. The Hall–Kier alpha value is -2.35. The Morgan fingerprint density at radius 2 is 2.23 bits per heavy atom. The number of carbonyl (C=O) groups excluding carboxylic acids is 1. The van der Waals surface area contributed by atoms with Crippen molar-refractivity contribution in [2.45, 2.75) is 26.3 Å². The first kappa shape index (κ1) is 16.0. The third-order valence-corrected chi connectivity index (χ3v) is 3.86. The molecule has 1 aliphatic heterocycles. The minimum atomic E-state index is -0.303. The Kier molecular flexibility index (Phi) is 5.54. The summed E-state index contributed by atoms with van der Waals surface area (Å²) in [7, 11) is 0. The van der Waals surface area contributed by atoms with Crippen molar-refractivity contribution in [3.05, 3.63) is 47.4 Å². The van der Waals surface area contributed by atoms with E-state index < -0.39 is 0 Å². The van der Waals surface area contributed by atoms with E-state index in [1.807, 2.05) is 6.07 Å². The average Bonchev–Trinajstić information content (AvgIpc) is 2.52. The van der Waals surface area contributed by atoms with Gasteiger partial charge in [0.1, 0.15) is 17.5 Å². The molecule has 0 radical (unpaired) electrons. The van der Waals surface area contributed by atoms with Crippen LogP contribution in [0.5, 0.6) is 0 Å². The summed E-state index contributed by atoms with van der Waals surface area (Å²) in [5.74, 6) is 0.0908. The van der Waals surface area contributed by atoms with Gasteiger partial charge in [0.2, 0.25) is 0 Å². The summed E-state index contributed by atoms with van der Waals surface area (Å²) in [5, 5.41) is 12.1. The van der Waals surface area contributed by atoms with Crippen LogP contribution in [0, 0.1) is 23.1 Å². The number of amides is 1. The van der Waals surface area contributed by atoms with Crippen molar-refractivity contribution in [3.8, 4) is 6.07 Å². The fraction of sp³-hybridized carbons (Fsp3) is 0.412. The Morgan fingerprint density at radius 3 is 2.86 bits per heavy atom. The van der Waals surface area contributed by atoms with Crippen LogP contribution >= 0.6 is 0 Å². The van der Waals surface area contributed by atoms with Gasteiger partial charge >= 0.3 is 0 Å². The largest absolute Gasteiger partial charge is 0.386 e. The molecule has 0 spiro atoms. The molecule has 0 bridgehead atoms. The number of carbonyl (C=O) groups is 1. The van der Waals surface area contributed by atoms with Gasteiger partial charge in [0.15, 0.2) is 0 Å². The number of halogens is 1. The molecule has 116 valence electrons. The van der Waals surface area contributed by atoms with Gasteiger partial charge in [0.25, 0.3) is 5.91 Å². The molecule has 0 aromatic heterocycles. The van der Waals surface area contributed by atoms with E-state index in [0.717, 1.165) is 18.4 Å². The molecule has 1 N–H and O–H groups in total. The lowest BCUT2D eigenvalue weighted by atomic mass is 9.99. The first-order valence-electron chi connectivity index (χ1n) is 7.47. The van der Waals surface area contributed by atoms with Crippen molar-refractivity contribution in [1.29, 1.82) is 5.26 Å². The van der Waals surface area contributed by atoms with Gasteiger partial charge in [0, 0.05) is 25.8 Å². The highest BCUT2D eigenvalue weighted by atomic mass is 19.1.